The zero-order chi connectivity index (χ0) is 11.3. The van der Waals surface area contributed by atoms with E-state index in [2.05, 4.69) is 4.90 Å². The molecule has 1 rings (SSSR count). The van der Waals surface area contributed by atoms with E-state index in [9.17, 15) is 13.2 Å². The molecule has 1 aliphatic rings. The molecule has 15 heavy (non-hydrogen) atoms. The summed E-state index contributed by atoms with van der Waals surface area (Å²) >= 11 is 0. The maximum absolute atomic E-state index is 12.1. The zero-order valence-corrected chi connectivity index (χ0v) is 8.89. The Labute approximate surface area is 87.8 Å². The number of halogens is 3. The molecule has 0 aromatic rings. The number of hydrogen-bond acceptors (Lipinski definition) is 3. The minimum Gasteiger partial charge on any atom is -0.383 e. The average molecular weight is 226 g/mol. The van der Waals surface area contributed by atoms with E-state index >= 15 is 0 Å². The molecule has 0 bridgehead atoms. The minimum atomic E-state index is -4.07. The molecule has 0 aliphatic carbocycles. The van der Waals surface area contributed by atoms with Crippen molar-refractivity contribution in [2.24, 2.45) is 0 Å². The van der Waals surface area contributed by atoms with E-state index in [0.29, 0.717) is 32.8 Å². The van der Waals surface area contributed by atoms with Crippen LogP contribution in [-0.2, 0) is 4.74 Å². The highest BCUT2D eigenvalue weighted by Crippen LogP contribution is 2.17. The summed E-state index contributed by atoms with van der Waals surface area (Å²) in [5.74, 6) is 0. The number of hydrogen-bond donors (Lipinski definition) is 0. The van der Waals surface area contributed by atoms with Gasteiger partial charge in [0.25, 0.3) is 0 Å². The largest absolute Gasteiger partial charge is 0.401 e. The second-order valence-corrected chi connectivity index (χ2v) is 3.73. The third-order valence-corrected chi connectivity index (χ3v) is 2.48. The van der Waals surface area contributed by atoms with Gasteiger partial charge in [-0.25, -0.2) is 0 Å². The van der Waals surface area contributed by atoms with Gasteiger partial charge < -0.3 is 4.74 Å². The summed E-state index contributed by atoms with van der Waals surface area (Å²) < 4.78 is 41.1. The Morgan fingerprint density at radius 3 is 2.07 bits per heavy atom. The van der Waals surface area contributed by atoms with Crippen molar-refractivity contribution >= 4 is 0 Å². The van der Waals surface area contributed by atoms with E-state index in [1.165, 1.54) is 4.90 Å². The summed E-state index contributed by atoms with van der Waals surface area (Å²) in [5.41, 5.74) is 0. The molecule has 0 aromatic heterocycles. The SMILES string of the molecule is COCCN1CCN(CC(F)(F)F)CC1. The van der Waals surface area contributed by atoms with E-state index in [1.807, 2.05) is 0 Å². The van der Waals surface area contributed by atoms with Gasteiger partial charge >= 0.3 is 6.18 Å². The highest BCUT2D eigenvalue weighted by atomic mass is 19.4. The van der Waals surface area contributed by atoms with E-state index < -0.39 is 12.7 Å². The first-order valence-electron chi connectivity index (χ1n) is 5.01. The molecule has 0 amide bonds. The van der Waals surface area contributed by atoms with Gasteiger partial charge in [0, 0.05) is 39.8 Å². The Balaban J connectivity index is 2.18. The first-order valence-corrected chi connectivity index (χ1v) is 5.01. The van der Waals surface area contributed by atoms with Crippen molar-refractivity contribution in [1.82, 2.24) is 9.80 Å². The molecule has 90 valence electrons. The van der Waals surface area contributed by atoms with Crippen molar-refractivity contribution in [3.8, 4) is 0 Å². The molecule has 1 fully saturated rings. The zero-order valence-electron chi connectivity index (χ0n) is 8.89. The van der Waals surface area contributed by atoms with Gasteiger partial charge in [0.15, 0.2) is 0 Å². The van der Waals surface area contributed by atoms with Crippen LogP contribution in [0, 0.1) is 0 Å². The Morgan fingerprint density at radius 1 is 1.07 bits per heavy atom. The van der Waals surface area contributed by atoms with Gasteiger partial charge in [0.05, 0.1) is 13.2 Å². The van der Waals surface area contributed by atoms with Crippen LogP contribution in [0.5, 0.6) is 0 Å². The van der Waals surface area contributed by atoms with Crippen molar-refractivity contribution < 1.29 is 17.9 Å². The normalized spacial score (nSPS) is 20.8. The highest BCUT2D eigenvalue weighted by molar-refractivity contribution is 4.73. The quantitative estimate of drug-likeness (QED) is 0.705. The summed E-state index contributed by atoms with van der Waals surface area (Å²) in [6.45, 7) is 3.02. The lowest BCUT2D eigenvalue weighted by Gasteiger charge is -2.34. The number of nitrogens with zero attached hydrogens (tertiary/aromatic N) is 2. The Morgan fingerprint density at radius 2 is 1.60 bits per heavy atom. The number of alkyl halides is 3. The standard InChI is InChI=1S/C9H17F3N2O/c1-15-7-6-13-2-4-14(5-3-13)8-9(10,11)12/h2-8H2,1H3. The van der Waals surface area contributed by atoms with Crippen molar-refractivity contribution in [3.63, 3.8) is 0 Å². The molecule has 0 aromatic carbocycles. The van der Waals surface area contributed by atoms with Gasteiger partial charge in [0.1, 0.15) is 0 Å². The molecular formula is C9H17F3N2O. The van der Waals surface area contributed by atoms with Crippen LogP contribution in [0.3, 0.4) is 0 Å². The molecule has 0 N–H and O–H groups in total. The van der Waals surface area contributed by atoms with Gasteiger partial charge in [-0.1, -0.05) is 0 Å². The van der Waals surface area contributed by atoms with Gasteiger partial charge in [0.2, 0.25) is 0 Å². The van der Waals surface area contributed by atoms with Crippen LogP contribution >= 0.6 is 0 Å². The lowest BCUT2D eigenvalue weighted by Crippen LogP contribution is -2.49. The number of piperazine rings is 1. The van der Waals surface area contributed by atoms with Crippen molar-refractivity contribution in [1.29, 1.82) is 0 Å². The first kappa shape index (κ1) is 12.7. The molecule has 0 saturated carbocycles. The topological polar surface area (TPSA) is 15.7 Å². The summed E-state index contributed by atoms with van der Waals surface area (Å²) in [6, 6.07) is 0. The predicted octanol–water partition coefficient (Wildman–Crippen LogP) is 0.813. The number of rotatable bonds is 4. The highest BCUT2D eigenvalue weighted by Gasteiger charge is 2.31. The van der Waals surface area contributed by atoms with Crippen LogP contribution < -0.4 is 0 Å². The molecule has 0 radical (unpaired) electrons. The van der Waals surface area contributed by atoms with Crippen molar-refractivity contribution in [3.05, 3.63) is 0 Å². The van der Waals surface area contributed by atoms with Crippen LogP contribution in [-0.4, -0.2) is 69.0 Å². The Bertz CT molecular complexity index is 179. The predicted molar refractivity (Wildman–Crippen MR) is 50.8 cm³/mol. The fourth-order valence-corrected chi connectivity index (χ4v) is 1.64. The van der Waals surface area contributed by atoms with Crippen LogP contribution in [0.4, 0.5) is 13.2 Å². The van der Waals surface area contributed by atoms with Crippen LogP contribution in [0.2, 0.25) is 0 Å². The summed E-state index contributed by atoms with van der Waals surface area (Å²) in [6.07, 6.45) is -4.07. The second kappa shape index (κ2) is 5.67. The minimum absolute atomic E-state index is 0.489. The van der Waals surface area contributed by atoms with E-state index in [0.717, 1.165) is 6.54 Å². The van der Waals surface area contributed by atoms with E-state index in [4.69, 9.17) is 4.74 Å². The van der Waals surface area contributed by atoms with Gasteiger partial charge in [-0.15, -0.1) is 0 Å². The van der Waals surface area contributed by atoms with Gasteiger partial charge in [-0.3, -0.25) is 9.80 Å². The third-order valence-electron chi connectivity index (χ3n) is 2.48. The monoisotopic (exact) mass is 226 g/mol. The average Bonchev–Trinajstić information content (AvgIpc) is 2.14. The molecule has 1 heterocycles. The van der Waals surface area contributed by atoms with Crippen molar-refractivity contribution in [2.45, 2.75) is 6.18 Å². The van der Waals surface area contributed by atoms with E-state index in [-0.39, 0.29) is 0 Å². The molecule has 0 unspecified atom stereocenters. The lowest BCUT2D eigenvalue weighted by atomic mass is 10.3. The second-order valence-electron chi connectivity index (χ2n) is 3.73. The van der Waals surface area contributed by atoms with Crippen LogP contribution in [0.1, 0.15) is 0 Å². The Kier molecular flexibility index (Phi) is 4.82. The first-order chi connectivity index (χ1) is 7.01. The number of ether oxygens (including phenoxy) is 1. The number of methoxy groups -OCH3 is 1. The molecule has 0 atom stereocenters. The Hall–Kier alpha value is -0.330. The maximum atomic E-state index is 12.1. The molecule has 0 spiro atoms. The molecular weight excluding hydrogens is 209 g/mol. The smallest absolute Gasteiger partial charge is 0.383 e. The van der Waals surface area contributed by atoms with Gasteiger partial charge in [-0.05, 0) is 0 Å². The molecule has 1 aliphatic heterocycles. The summed E-state index contributed by atoms with van der Waals surface area (Å²) in [7, 11) is 1.62. The lowest BCUT2D eigenvalue weighted by molar-refractivity contribution is -0.149. The molecule has 3 nitrogen and oxygen atoms in total. The molecule has 1 saturated heterocycles. The molecule has 6 heteroatoms. The fraction of sp³-hybridized carbons (Fsp3) is 1.00. The summed E-state index contributed by atoms with van der Waals surface area (Å²) in [5, 5.41) is 0. The van der Waals surface area contributed by atoms with Crippen molar-refractivity contribution in [2.75, 3.05) is 53.0 Å². The third kappa shape index (κ3) is 5.34. The van der Waals surface area contributed by atoms with Crippen LogP contribution in [0.15, 0.2) is 0 Å². The maximum Gasteiger partial charge on any atom is 0.401 e. The van der Waals surface area contributed by atoms with Gasteiger partial charge in [-0.2, -0.15) is 13.2 Å². The summed E-state index contributed by atoms with van der Waals surface area (Å²) in [4.78, 5) is 3.57. The fourth-order valence-electron chi connectivity index (χ4n) is 1.64. The van der Waals surface area contributed by atoms with E-state index in [1.54, 1.807) is 7.11 Å². The van der Waals surface area contributed by atoms with Crippen LogP contribution in [0.25, 0.3) is 0 Å².